The Morgan fingerprint density at radius 2 is 2.24 bits per heavy atom. The average molecular weight is 290 g/mol. The minimum absolute atomic E-state index is 0.127. The first-order valence-electron chi connectivity index (χ1n) is 7.26. The number of likely N-dealkylation sites (tertiary alicyclic amines) is 1. The van der Waals surface area contributed by atoms with E-state index < -0.39 is 0 Å². The summed E-state index contributed by atoms with van der Waals surface area (Å²) in [6.07, 6.45) is 3.76. The second kappa shape index (κ2) is 7.52. The van der Waals surface area contributed by atoms with E-state index in [0.29, 0.717) is 12.4 Å². The van der Waals surface area contributed by atoms with E-state index in [1.54, 1.807) is 6.21 Å². The van der Waals surface area contributed by atoms with Crippen molar-refractivity contribution in [1.29, 1.82) is 0 Å². The Bertz CT molecular complexity index is 510. The van der Waals surface area contributed by atoms with E-state index in [1.807, 2.05) is 30.0 Å². The van der Waals surface area contributed by atoms with Gasteiger partial charge in [-0.2, -0.15) is 5.10 Å². The molecule has 1 fully saturated rings. The summed E-state index contributed by atoms with van der Waals surface area (Å²) >= 11 is 0. The van der Waals surface area contributed by atoms with Crippen LogP contribution < -0.4 is 15.9 Å². The molecule has 1 amide bonds. The molecule has 0 radical (unpaired) electrons. The highest BCUT2D eigenvalue weighted by Crippen LogP contribution is 2.25. The molecule has 21 heavy (non-hydrogen) atoms. The van der Waals surface area contributed by atoms with E-state index in [1.165, 1.54) is 0 Å². The second-order valence-corrected chi connectivity index (χ2v) is 4.91. The molecule has 2 rings (SSSR count). The smallest absolute Gasteiger partial charge is 0.241 e. The largest absolute Gasteiger partial charge is 0.492 e. The monoisotopic (exact) mass is 290 g/mol. The quantitative estimate of drug-likeness (QED) is 0.471. The normalized spacial score (nSPS) is 14.6. The number of benzene rings is 1. The number of hydrogen-bond acceptors (Lipinski definition) is 5. The minimum atomic E-state index is 0.127. The van der Waals surface area contributed by atoms with E-state index >= 15 is 0 Å². The molecule has 6 heteroatoms. The first-order chi connectivity index (χ1) is 10.2. The summed E-state index contributed by atoms with van der Waals surface area (Å²) in [4.78, 5) is 13.9. The number of nitrogens with one attached hydrogen (secondary N) is 1. The van der Waals surface area contributed by atoms with Crippen molar-refractivity contribution in [3.63, 3.8) is 0 Å². The predicted octanol–water partition coefficient (Wildman–Crippen LogP) is 1.41. The molecular formula is C15H22N4O2. The lowest BCUT2D eigenvalue weighted by molar-refractivity contribution is -0.128. The molecule has 0 spiro atoms. The van der Waals surface area contributed by atoms with Gasteiger partial charge in [-0.05, 0) is 37.5 Å². The molecular weight excluding hydrogens is 268 g/mol. The standard InChI is InChI=1S/C15H22N4O2/c1-2-21-14-9-12(10-18-16)5-6-13(14)17-11-15(20)19-7-3-4-8-19/h5-6,9-10,17H,2-4,7-8,11,16H2,1H3. The molecule has 114 valence electrons. The van der Waals surface area contributed by atoms with Crippen molar-refractivity contribution >= 4 is 17.8 Å². The summed E-state index contributed by atoms with van der Waals surface area (Å²) in [5.41, 5.74) is 1.66. The zero-order chi connectivity index (χ0) is 15.1. The van der Waals surface area contributed by atoms with Crippen molar-refractivity contribution in [3.8, 4) is 5.75 Å². The summed E-state index contributed by atoms with van der Waals surface area (Å²) in [6.45, 7) is 4.49. The molecule has 1 aliphatic heterocycles. The second-order valence-electron chi connectivity index (χ2n) is 4.91. The Kier molecular flexibility index (Phi) is 5.43. The van der Waals surface area contributed by atoms with Crippen molar-refractivity contribution in [3.05, 3.63) is 23.8 Å². The van der Waals surface area contributed by atoms with Gasteiger partial charge in [0.25, 0.3) is 0 Å². The van der Waals surface area contributed by atoms with Crippen LogP contribution in [-0.2, 0) is 4.79 Å². The lowest BCUT2D eigenvalue weighted by atomic mass is 10.2. The molecule has 0 aliphatic carbocycles. The van der Waals surface area contributed by atoms with Crippen LogP contribution in [0.3, 0.4) is 0 Å². The minimum Gasteiger partial charge on any atom is -0.492 e. The zero-order valence-electron chi connectivity index (χ0n) is 12.3. The summed E-state index contributed by atoms with van der Waals surface area (Å²) < 4.78 is 5.59. The zero-order valence-corrected chi connectivity index (χ0v) is 12.3. The van der Waals surface area contributed by atoms with Crippen LogP contribution in [0.2, 0.25) is 0 Å². The van der Waals surface area contributed by atoms with Gasteiger partial charge < -0.3 is 20.8 Å². The summed E-state index contributed by atoms with van der Waals surface area (Å²) in [6, 6.07) is 5.60. The molecule has 0 unspecified atom stereocenters. The van der Waals surface area contributed by atoms with Gasteiger partial charge in [-0.25, -0.2) is 0 Å². The first-order valence-corrected chi connectivity index (χ1v) is 7.26. The van der Waals surface area contributed by atoms with E-state index in [9.17, 15) is 4.79 Å². The topological polar surface area (TPSA) is 80.0 Å². The number of ether oxygens (including phenoxy) is 1. The third kappa shape index (κ3) is 4.11. The Morgan fingerprint density at radius 1 is 1.48 bits per heavy atom. The molecule has 1 aromatic carbocycles. The van der Waals surface area contributed by atoms with Gasteiger partial charge in [0, 0.05) is 13.1 Å². The number of carbonyl (C=O) groups excluding carboxylic acids is 1. The highest BCUT2D eigenvalue weighted by molar-refractivity contribution is 5.84. The van der Waals surface area contributed by atoms with Crippen LogP contribution in [0.15, 0.2) is 23.3 Å². The van der Waals surface area contributed by atoms with Crippen molar-refractivity contribution in [2.24, 2.45) is 10.9 Å². The van der Waals surface area contributed by atoms with Crippen LogP contribution in [-0.4, -0.2) is 43.3 Å². The number of rotatable bonds is 6. The number of nitrogens with two attached hydrogens (primary N) is 1. The maximum absolute atomic E-state index is 12.0. The lowest BCUT2D eigenvalue weighted by Gasteiger charge is -2.17. The number of anilines is 1. The molecule has 0 saturated carbocycles. The summed E-state index contributed by atoms with van der Waals surface area (Å²) in [5, 5.41) is 6.65. The van der Waals surface area contributed by atoms with Crippen LogP contribution in [0.1, 0.15) is 25.3 Å². The number of amides is 1. The molecule has 1 heterocycles. The Hall–Kier alpha value is -2.24. The predicted molar refractivity (Wildman–Crippen MR) is 83.7 cm³/mol. The molecule has 0 bridgehead atoms. The fourth-order valence-electron chi connectivity index (χ4n) is 2.38. The Balaban J connectivity index is 2.02. The van der Waals surface area contributed by atoms with Gasteiger partial charge in [-0.15, -0.1) is 0 Å². The maximum Gasteiger partial charge on any atom is 0.241 e. The molecule has 0 atom stereocenters. The maximum atomic E-state index is 12.0. The molecule has 0 aromatic heterocycles. The highest BCUT2D eigenvalue weighted by Gasteiger charge is 2.17. The van der Waals surface area contributed by atoms with Crippen LogP contribution in [0, 0.1) is 0 Å². The van der Waals surface area contributed by atoms with Gasteiger partial charge in [-0.3, -0.25) is 4.79 Å². The Labute approximate surface area is 125 Å². The summed E-state index contributed by atoms with van der Waals surface area (Å²) in [5.74, 6) is 5.98. The van der Waals surface area contributed by atoms with E-state index in [4.69, 9.17) is 10.6 Å². The molecule has 1 aliphatic rings. The van der Waals surface area contributed by atoms with Gasteiger partial charge in [0.1, 0.15) is 5.75 Å². The number of hydrazone groups is 1. The number of carbonyl (C=O) groups is 1. The molecule has 6 nitrogen and oxygen atoms in total. The molecule has 3 N–H and O–H groups in total. The van der Waals surface area contributed by atoms with Gasteiger partial charge in [-0.1, -0.05) is 6.07 Å². The van der Waals surface area contributed by atoms with Crippen LogP contribution in [0.4, 0.5) is 5.69 Å². The summed E-state index contributed by atoms with van der Waals surface area (Å²) in [7, 11) is 0. The van der Waals surface area contributed by atoms with Gasteiger partial charge in [0.15, 0.2) is 0 Å². The van der Waals surface area contributed by atoms with Gasteiger partial charge in [0.2, 0.25) is 5.91 Å². The lowest BCUT2D eigenvalue weighted by Crippen LogP contribution is -2.33. The van der Waals surface area contributed by atoms with Gasteiger partial charge >= 0.3 is 0 Å². The van der Waals surface area contributed by atoms with E-state index in [2.05, 4.69) is 10.4 Å². The van der Waals surface area contributed by atoms with Crippen LogP contribution >= 0.6 is 0 Å². The first kappa shape index (κ1) is 15.2. The average Bonchev–Trinajstić information content (AvgIpc) is 3.01. The third-order valence-corrected chi connectivity index (χ3v) is 3.42. The Morgan fingerprint density at radius 3 is 2.90 bits per heavy atom. The fourth-order valence-corrected chi connectivity index (χ4v) is 2.38. The van der Waals surface area contributed by atoms with E-state index in [0.717, 1.165) is 37.2 Å². The third-order valence-electron chi connectivity index (χ3n) is 3.42. The fraction of sp³-hybridized carbons (Fsp3) is 0.467. The van der Waals surface area contributed by atoms with E-state index in [-0.39, 0.29) is 12.5 Å². The van der Waals surface area contributed by atoms with Crippen LogP contribution in [0.25, 0.3) is 0 Å². The van der Waals surface area contributed by atoms with Crippen molar-refractivity contribution in [2.45, 2.75) is 19.8 Å². The van der Waals surface area contributed by atoms with Gasteiger partial charge in [0.05, 0.1) is 25.1 Å². The molecule has 1 saturated heterocycles. The molecule has 1 aromatic rings. The SMILES string of the molecule is CCOc1cc(C=NN)ccc1NCC(=O)N1CCCC1. The highest BCUT2D eigenvalue weighted by atomic mass is 16.5. The number of nitrogens with zero attached hydrogens (tertiary/aromatic N) is 2. The number of hydrogen-bond donors (Lipinski definition) is 2. The van der Waals surface area contributed by atoms with Crippen LogP contribution in [0.5, 0.6) is 5.75 Å². The van der Waals surface area contributed by atoms with Crippen molar-refractivity contribution < 1.29 is 9.53 Å². The van der Waals surface area contributed by atoms with Crippen molar-refractivity contribution in [1.82, 2.24) is 4.90 Å². The van der Waals surface area contributed by atoms with Crippen molar-refractivity contribution in [2.75, 3.05) is 31.6 Å².